The van der Waals surface area contributed by atoms with Gasteiger partial charge in [-0.3, -0.25) is 4.31 Å². The summed E-state index contributed by atoms with van der Waals surface area (Å²) >= 11 is 0. The minimum absolute atomic E-state index is 0.0383. The van der Waals surface area contributed by atoms with Crippen LogP contribution in [0, 0.1) is 24.1 Å². The number of nitriles is 1. The van der Waals surface area contributed by atoms with Crippen molar-refractivity contribution in [3.8, 4) is 6.07 Å². The average molecular weight is 474 g/mol. The number of nitrogens with zero attached hydrogens (tertiary/aromatic N) is 2. The standard InChI is InChI=1S/C26H20FN3O3S/c1-16-6-8-17(9-7-16)15-30-22-5-3-2-4-20(22)24-25(34(30,31)32)23(21(14-28)26(29)33-24)18-10-12-19(27)13-11-18/h2-13,23H,15,29H2,1H3/t23-/m1/s1. The van der Waals surface area contributed by atoms with Crippen LogP contribution in [0.5, 0.6) is 0 Å². The molecule has 0 bridgehead atoms. The fourth-order valence-electron chi connectivity index (χ4n) is 4.33. The molecule has 0 fully saturated rings. The molecule has 2 aliphatic rings. The predicted octanol–water partition coefficient (Wildman–Crippen LogP) is 4.66. The highest BCUT2D eigenvalue weighted by Crippen LogP contribution is 2.51. The van der Waals surface area contributed by atoms with Gasteiger partial charge in [0.2, 0.25) is 5.88 Å². The number of halogens is 1. The first-order chi connectivity index (χ1) is 16.3. The van der Waals surface area contributed by atoms with Gasteiger partial charge in [0.15, 0.2) is 5.76 Å². The Morgan fingerprint density at radius 1 is 1.06 bits per heavy atom. The van der Waals surface area contributed by atoms with Crippen LogP contribution < -0.4 is 10.0 Å². The van der Waals surface area contributed by atoms with Crippen molar-refractivity contribution in [1.82, 2.24) is 0 Å². The lowest BCUT2D eigenvalue weighted by Gasteiger charge is -2.38. The molecular formula is C26H20FN3O3S. The number of allylic oxidation sites excluding steroid dienone is 2. The van der Waals surface area contributed by atoms with Crippen LogP contribution in [0.15, 0.2) is 89.2 Å². The maximum Gasteiger partial charge on any atom is 0.265 e. The first-order valence-corrected chi connectivity index (χ1v) is 12.0. The smallest absolute Gasteiger partial charge is 0.265 e. The van der Waals surface area contributed by atoms with E-state index in [0.29, 0.717) is 16.8 Å². The van der Waals surface area contributed by atoms with E-state index in [0.717, 1.165) is 11.1 Å². The molecule has 0 amide bonds. The zero-order valence-electron chi connectivity index (χ0n) is 18.2. The number of hydrogen-bond donors (Lipinski definition) is 1. The molecule has 2 aliphatic heterocycles. The number of benzene rings is 3. The third-order valence-electron chi connectivity index (χ3n) is 6.01. The molecule has 0 saturated heterocycles. The van der Waals surface area contributed by atoms with Crippen LogP contribution in [0.2, 0.25) is 0 Å². The molecule has 2 heterocycles. The number of rotatable bonds is 3. The highest BCUT2D eigenvalue weighted by molar-refractivity contribution is 7.96. The van der Waals surface area contributed by atoms with Gasteiger partial charge in [0, 0.05) is 5.56 Å². The Labute approximate surface area is 197 Å². The molecular weight excluding hydrogens is 453 g/mol. The van der Waals surface area contributed by atoms with E-state index in [4.69, 9.17) is 10.5 Å². The van der Waals surface area contributed by atoms with Crippen molar-refractivity contribution in [3.05, 3.63) is 117 Å². The zero-order chi connectivity index (χ0) is 24.0. The second-order valence-corrected chi connectivity index (χ2v) is 10.0. The molecule has 1 atom stereocenters. The molecule has 2 N–H and O–H groups in total. The van der Waals surface area contributed by atoms with Gasteiger partial charge in [0.1, 0.15) is 22.4 Å². The van der Waals surface area contributed by atoms with Crippen molar-refractivity contribution < 1.29 is 17.5 Å². The summed E-state index contributed by atoms with van der Waals surface area (Å²) in [5.74, 6) is -1.60. The molecule has 3 aromatic carbocycles. The van der Waals surface area contributed by atoms with Crippen molar-refractivity contribution in [2.24, 2.45) is 5.73 Å². The summed E-state index contributed by atoms with van der Waals surface area (Å²) < 4.78 is 49.0. The first kappa shape index (κ1) is 21.7. The molecule has 6 nitrogen and oxygen atoms in total. The minimum Gasteiger partial charge on any atom is -0.439 e. The van der Waals surface area contributed by atoms with Gasteiger partial charge in [-0.2, -0.15) is 5.26 Å². The molecule has 34 heavy (non-hydrogen) atoms. The molecule has 0 saturated carbocycles. The van der Waals surface area contributed by atoms with Crippen LogP contribution in [0.4, 0.5) is 10.1 Å². The largest absolute Gasteiger partial charge is 0.439 e. The molecule has 8 heteroatoms. The maximum atomic E-state index is 14.1. The Morgan fingerprint density at radius 3 is 2.41 bits per heavy atom. The number of anilines is 1. The molecule has 3 aromatic rings. The molecule has 0 radical (unpaired) electrons. The Hall–Kier alpha value is -4.09. The molecule has 0 spiro atoms. The number of fused-ring (bicyclic) bond motifs is 2. The van der Waals surface area contributed by atoms with E-state index in [2.05, 4.69) is 0 Å². The number of aryl methyl sites for hydroxylation is 1. The Bertz CT molecular complexity index is 1500. The molecule has 0 unspecified atom stereocenters. The van der Waals surface area contributed by atoms with E-state index < -0.39 is 21.8 Å². The van der Waals surface area contributed by atoms with Crippen molar-refractivity contribution in [2.75, 3.05) is 4.31 Å². The number of para-hydroxylation sites is 1. The van der Waals surface area contributed by atoms with Gasteiger partial charge in [-0.05, 0) is 42.3 Å². The third-order valence-corrected chi connectivity index (χ3v) is 7.89. The summed E-state index contributed by atoms with van der Waals surface area (Å²) in [4.78, 5) is -0.0873. The van der Waals surface area contributed by atoms with Crippen molar-refractivity contribution in [2.45, 2.75) is 19.4 Å². The lowest BCUT2D eigenvalue weighted by molar-refractivity contribution is 0.357. The Morgan fingerprint density at radius 2 is 1.74 bits per heavy atom. The summed E-state index contributed by atoms with van der Waals surface area (Å²) in [6, 6.07) is 22.0. The lowest BCUT2D eigenvalue weighted by atomic mass is 9.88. The summed E-state index contributed by atoms with van der Waals surface area (Å²) in [5, 5.41) is 9.86. The second-order valence-electron chi connectivity index (χ2n) is 8.18. The van der Waals surface area contributed by atoms with Gasteiger partial charge in [-0.1, -0.05) is 54.1 Å². The van der Waals surface area contributed by atoms with Gasteiger partial charge < -0.3 is 10.5 Å². The van der Waals surface area contributed by atoms with E-state index >= 15 is 0 Å². The zero-order valence-corrected chi connectivity index (χ0v) is 19.0. The summed E-state index contributed by atoms with van der Waals surface area (Å²) in [6.07, 6.45) is 0. The number of hydrogen-bond acceptors (Lipinski definition) is 5. The van der Waals surface area contributed by atoms with E-state index in [-0.39, 0.29) is 28.7 Å². The van der Waals surface area contributed by atoms with Gasteiger partial charge >= 0.3 is 0 Å². The van der Waals surface area contributed by atoms with Crippen LogP contribution in [0.25, 0.3) is 5.76 Å². The SMILES string of the molecule is Cc1ccc(CN2c3ccccc3C3=C([C@H](c4ccc(F)cc4)C(C#N)=C(N)O3)S2(=O)=O)cc1. The van der Waals surface area contributed by atoms with Crippen molar-refractivity contribution >= 4 is 21.5 Å². The minimum atomic E-state index is -4.17. The monoisotopic (exact) mass is 473 g/mol. The highest BCUT2D eigenvalue weighted by Gasteiger charge is 2.47. The van der Waals surface area contributed by atoms with Crippen LogP contribution in [0.1, 0.15) is 28.2 Å². The van der Waals surface area contributed by atoms with Crippen LogP contribution >= 0.6 is 0 Å². The van der Waals surface area contributed by atoms with Crippen molar-refractivity contribution in [3.63, 3.8) is 0 Å². The fraction of sp³-hybridized carbons (Fsp3) is 0.115. The van der Waals surface area contributed by atoms with Gasteiger partial charge in [-0.25, -0.2) is 12.8 Å². The third kappa shape index (κ3) is 3.42. The molecule has 0 aromatic heterocycles. The highest BCUT2D eigenvalue weighted by atomic mass is 32.2. The summed E-state index contributed by atoms with van der Waals surface area (Å²) in [5.41, 5.74) is 9.34. The predicted molar refractivity (Wildman–Crippen MR) is 127 cm³/mol. The van der Waals surface area contributed by atoms with E-state index in [1.807, 2.05) is 37.3 Å². The Balaban J connectivity index is 1.75. The van der Waals surface area contributed by atoms with Gasteiger partial charge in [0.25, 0.3) is 10.0 Å². The van der Waals surface area contributed by atoms with E-state index in [9.17, 15) is 18.1 Å². The van der Waals surface area contributed by atoms with Crippen molar-refractivity contribution in [1.29, 1.82) is 5.26 Å². The average Bonchev–Trinajstić information content (AvgIpc) is 2.82. The topological polar surface area (TPSA) is 96.4 Å². The fourth-order valence-corrected chi connectivity index (χ4v) is 6.24. The van der Waals surface area contributed by atoms with Crippen LogP contribution in [0.3, 0.4) is 0 Å². The van der Waals surface area contributed by atoms with E-state index in [1.54, 1.807) is 24.3 Å². The molecule has 5 rings (SSSR count). The normalized spacial score (nSPS) is 18.6. The number of ether oxygens (including phenoxy) is 1. The number of nitrogens with two attached hydrogens (primary N) is 1. The molecule has 170 valence electrons. The maximum absolute atomic E-state index is 14.1. The van der Waals surface area contributed by atoms with Gasteiger partial charge in [-0.15, -0.1) is 0 Å². The first-order valence-electron chi connectivity index (χ1n) is 10.6. The van der Waals surface area contributed by atoms with Gasteiger partial charge in [0.05, 0.1) is 18.2 Å². The summed E-state index contributed by atoms with van der Waals surface area (Å²) in [6.45, 7) is 2.05. The van der Waals surface area contributed by atoms with E-state index in [1.165, 1.54) is 28.6 Å². The lowest BCUT2D eigenvalue weighted by Crippen LogP contribution is -2.39. The van der Waals surface area contributed by atoms with Crippen LogP contribution in [-0.4, -0.2) is 8.42 Å². The summed E-state index contributed by atoms with van der Waals surface area (Å²) in [7, 11) is -4.17. The Kier molecular flexibility index (Phi) is 5.14. The number of sulfonamides is 1. The molecule has 0 aliphatic carbocycles. The van der Waals surface area contributed by atoms with Crippen LogP contribution in [-0.2, 0) is 21.3 Å². The second kappa shape index (κ2) is 8.04. The quantitative estimate of drug-likeness (QED) is 0.597.